The SMILES string of the molecule is C[C@H](O)c1cccc2c1C(F)(F)C(=O)N2Cc1cnc(Cl)cn1. The van der Waals surface area contributed by atoms with Gasteiger partial charge in [0.2, 0.25) is 0 Å². The zero-order valence-corrected chi connectivity index (χ0v) is 12.8. The molecule has 1 atom stereocenters. The molecule has 2 aromatic rings. The summed E-state index contributed by atoms with van der Waals surface area (Å²) >= 11 is 5.64. The number of hydrogen-bond donors (Lipinski definition) is 1. The number of carbonyl (C=O) groups is 1. The second-order valence-electron chi connectivity index (χ2n) is 5.21. The Morgan fingerprint density at radius 3 is 2.70 bits per heavy atom. The summed E-state index contributed by atoms with van der Waals surface area (Å²) in [5.41, 5.74) is -0.0311. The average molecular weight is 340 g/mol. The molecule has 0 unspecified atom stereocenters. The predicted octanol–water partition coefficient (Wildman–Crippen LogP) is 2.82. The third-order valence-electron chi connectivity index (χ3n) is 3.64. The average Bonchev–Trinajstić information content (AvgIpc) is 2.70. The number of hydrogen-bond acceptors (Lipinski definition) is 4. The Hall–Kier alpha value is -2.12. The number of nitrogens with zero attached hydrogens (tertiary/aromatic N) is 3. The minimum atomic E-state index is -3.69. The molecule has 0 bridgehead atoms. The second kappa shape index (κ2) is 5.50. The highest BCUT2D eigenvalue weighted by Crippen LogP contribution is 2.47. The van der Waals surface area contributed by atoms with Crippen LogP contribution >= 0.6 is 11.6 Å². The van der Waals surface area contributed by atoms with Gasteiger partial charge in [0.05, 0.1) is 42.0 Å². The van der Waals surface area contributed by atoms with Crippen molar-refractivity contribution in [2.75, 3.05) is 4.90 Å². The highest BCUT2D eigenvalue weighted by Gasteiger charge is 2.54. The van der Waals surface area contributed by atoms with Gasteiger partial charge in [-0.15, -0.1) is 0 Å². The van der Waals surface area contributed by atoms with E-state index in [-0.39, 0.29) is 22.9 Å². The molecule has 120 valence electrons. The standard InChI is InChI=1S/C15H12ClF2N3O2/c1-8(22)10-3-2-4-11-13(10)15(17,18)14(23)21(11)7-9-5-20-12(16)6-19-9/h2-6,8,22H,7H2,1H3/t8-/m0/s1. The maximum absolute atomic E-state index is 14.4. The number of aliphatic hydroxyl groups is 1. The van der Waals surface area contributed by atoms with Crippen LogP contribution in [0.15, 0.2) is 30.6 Å². The molecule has 1 N–H and O–H groups in total. The van der Waals surface area contributed by atoms with E-state index in [1.807, 2.05) is 0 Å². The van der Waals surface area contributed by atoms with E-state index in [9.17, 15) is 18.7 Å². The maximum atomic E-state index is 14.4. The molecular formula is C15H12ClF2N3O2. The van der Waals surface area contributed by atoms with Crippen molar-refractivity contribution in [3.8, 4) is 0 Å². The fourth-order valence-electron chi connectivity index (χ4n) is 2.60. The first-order valence-electron chi connectivity index (χ1n) is 6.80. The number of anilines is 1. The van der Waals surface area contributed by atoms with Crippen LogP contribution in [0, 0.1) is 0 Å². The van der Waals surface area contributed by atoms with Crippen molar-refractivity contribution < 1.29 is 18.7 Å². The number of fused-ring (bicyclic) bond motifs is 1. The Morgan fingerprint density at radius 1 is 1.35 bits per heavy atom. The molecule has 1 aliphatic heterocycles. The van der Waals surface area contributed by atoms with E-state index in [2.05, 4.69) is 9.97 Å². The Labute approximate surface area is 135 Å². The normalized spacial score (nSPS) is 17.3. The molecule has 23 heavy (non-hydrogen) atoms. The summed E-state index contributed by atoms with van der Waals surface area (Å²) in [5, 5.41) is 9.88. The minimum absolute atomic E-state index is 0.0329. The van der Waals surface area contributed by atoms with Gasteiger partial charge in [-0.2, -0.15) is 8.78 Å². The number of carbonyl (C=O) groups excluding carboxylic acids is 1. The van der Waals surface area contributed by atoms with Crippen LogP contribution < -0.4 is 4.90 Å². The number of halogens is 3. The molecule has 0 radical (unpaired) electrons. The number of aromatic nitrogens is 2. The van der Waals surface area contributed by atoms with E-state index in [0.29, 0.717) is 5.69 Å². The van der Waals surface area contributed by atoms with E-state index < -0.39 is 23.5 Å². The van der Waals surface area contributed by atoms with Crippen LogP contribution in [0.4, 0.5) is 14.5 Å². The van der Waals surface area contributed by atoms with Crippen LogP contribution in [0.1, 0.15) is 29.8 Å². The van der Waals surface area contributed by atoms with Gasteiger partial charge in [-0.25, -0.2) is 4.98 Å². The van der Waals surface area contributed by atoms with Crippen LogP contribution in [0.2, 0.25) is 5.15 Å². The molecule has 1 amide bonds. The third kappa shape index (κ3) is 2.55. The molecule has 1 aliphatic rings. The molecule has 1 aromatic carbocycles. The first kappa shape index (κ1) is 15.8. The fourth-order valence-corrected chi connectivity index (χ4v) is 2.70. The Kier molecular flexibility index (Phi) is 3.77. The number of rotatable bonds is 3. The number of benzene rings is 1. The summed E-state index contributed by atoms with van der Waals surface area (Å²) in [6, 6.07) is 4.33. The lowest BCUT2D eigenvalue weighted by Crippen LogP contribution is -2.34. The number of alkyl halides is 2. The molecular weight excluding hydrogens is 328 g/mol. The molecule has 0 saturated carbocycles. The number of aliphatic hydroxyl groups excluding tert-OH is 1. The van der Waals surface area contributed by atoms with E-state index in [1.54, 1.807) is 0 Å². The van der Waals surface area contributed by atoms with Gasteiger partial charge in [0.1, 0.15) is 5.15 Å². The van der Waals surface area contributed by atoms with Crippen molar-refractivity contribution in [1.29, 1.82) is 0 Å². The first-order chi connectivity index (χ1) is 10.8. The minimum Gasteiger partial charge on any atom is -0.389 e. The summed E-state index contributed by atoms with van der Waals surface area (Å²) in [6.07, 6.45) is 1.49. The summed E-state index contributed by atoms with van der Waals surface area (Å²) in [7, 11) is 0. The quantitative estimate of drug-likeness (QED) is 0.933. The molecule has 0 saturated heterocycles. The molecule has 0 fully saturated rings. The number of amides is 1. The summed E-state index contributed by atoms with van der Waals surface area (Å²) in [5.74, 6) is -5.04. The molecule has 3 rings (SSSR count). The van der Waals surface area contributed by atoms with Crippen molar-refractivity contribution in [3.05, 3.63) is 52.6 Å². The van der Waals surface area contributed by atoms with Gasteiger partial charge in [-0.05, 0) is 18.6 Å². The van der Waals surface area contributed by atoms with Crippen LogP contribution in [-0.2, 0) is 17.3 Å². The van der Waals surface area contributed by atoms with Crippen molar-refractivity contribution in [2.45, 2.75) is 25.5 Å². The first-order valence-corrected chi connectivity index (χ1v) is 7.18. The third-order valence-corrected chi connectivity index (χ3v) is 3.83. The maximum Gasteiger partial charge on any atom is 0.352 e. The Bertz CT molecular complexity index is 766. The van der Waals surface area contributed by atoms with E-state index in [0.717, 1.165) is 4.90 Å². The predicted molar refractivity (Wildman–Crippen MR) is 79.2 cm³/mol. The molecule has 8 heteroatoms. The van der Waals surface area contributed by atoms with Gasteiger partial charge < -0.3 is 10.0 Å². The van der Waals surface area contributed by atoms with Crippen molar-refractivity contribution in [3.63, 3.8) is 0 Å². The molecule has 0 aliphatic carbocycles. The molecule has 1 aromatic heterocycles. The summed E-state index contributed by atoms with van der Waals surface area (Å²) in [6.45, 7) is 1.22. The Balaban J connectivity index is 2.06. The lowest BCUT2D eigenvalue weighted by Gasteiger charge is -2.16. The van der Waals surface area contributed by atoms with Gasteiger partial charge in [-0.1, -0.05) is 23.7 Å². The van der Waals surface area contributed by atoms with E-state index >= 15 is 0 Å². The lowest BCUT2D eigenvalue weighted by atomic mass is 9.99. The van der Waals surface area contributed by atoms with Gasteiger partial charge >= 0.3 is 11.8 Å². The summed E-state index contributed by atoms with van der Waals surface area (Å²) in [4.78, 5) is 20.9. The largest absolute Gasteiger partial charge is 0.389 e. The Morgan fingerprint density at radius 2 is 2.09 bits per heavy atom. The van der Waals surface area contributed by atoms with Gasteiger partial charge in [0, 0.05) is 0 Å². The monoisotopic (exact) mass is 339 g/mol. The second-order valence-corrected chi connectivity index (χ2v) is 5.60. The van der Waals surface area contributed by atoms with Crippen LogP contribution in [-0.4, -0.2) is 21.0 Å². The van der Waals surface area contributed by atoms with Crippen molar-refractivity contribution in [2.24, 2.45) is 0 Å². The lowest BCUT2D eigenvalue weighted by molar-refractivity contribution is -0.141. The van der Waals surface area contributed by atoms with Gasteiger partial charge in [-0.3, -0.25) is 9.78 Å². The molecule has 5 nitrogen and oxygen atoms in total. The van der Waals surface area contributed by atoms with Gasteiger partial charge in [0.15, 0.2) is 0 Å². The van der Waals surface area contributed by atoms with E-state index in [4.69, 9.17) is 11.6 Å². The smallest absolute Gasteiger partial charge is 0.352 e. The van der Waals surface area contributed by atoms with Crippen molar-refractivity contribution in [1.82, 2.24) is 9.97 Å². The van der Waals surface area contributed by atoms with Crippen LogP contribution in [0.25, 0.3) is 0 Å². The molecule has 2 heterocycles. The topological polar surface area (TPSA) is 66.3 Å². The van der Waals surface area contributed by atoms with Gasteiger partial charge in [0.25, 0.3) is 0 Å². The van der Waals surface area contributed by atoms with Crippen LogP contribution in [0.5, 0.6) is 0 Å². The zero-order valence-electron chi connectivity index (χ0n) is 12.0. The highest BCUT2D eigenvalue weighted by molar-refractivity contribution is 6.29. The van der Waals surface area contributed by atoms with E-state index in [1.165, 1.54) is 37.5 Å². The summed E-state index contributed by atoms with van der Waals surface area (Å²) < 4.78 is 28.8. The fraction of sp³-hybridized carbons (Fsp3) is 0.267. The molecule has 0 spiro atoms. The highest BCUT2D eigenvalue weighted by atomic mass is 35.5. The van der Waals surface area contributed by atoms with Crippen molar-refractivity contribution >= 4 is 23.2 Å². The zero-order chi connectivity index (χ0) is 16.8. The van der Waals surface area contributed by atoms with Crippen LogP contribution in [0.3, 0.4) is 0 Å².